The van der Waals surface area contributed by atoms with Gasteiger partial charge in [-0.1, -0.05) is 189 Å². The van der Waals surface area contributed by atoms with Gasteiger partial charge < -0.3 is 55.2 Å². The summed E-state index contributed by atoms with van der Waals surface area (Å²) in [6, 6.07) is 54.7. The van der Waals surface area contributed by atoms with Crippen molar-refractivity contribution >= 4 is 47.7 Å². The summed E-state index contributed by atoms with van der Waals surface area (Å²) in [7, 11) is -2.11. The molecule has 8 aromatic rings. The molecule has 2 heterocycles. The van der Waals surface area contributed by atoms with Crippen LogP contribution in [0.4, 0.5) is 0 Å². The molecule has 0 spiro atoms. The first kappa shape index (κ1) is 55.3. The Hall–Kier alpha value is -5.06. The minimum absolute atomic E-state index is 0. The van der Waals surface area contributed by atoms with E-state index in [2.05, 4.69) is 152 Å². The molecule has 8 aromatic carbocycles. The first-order chi connectivity index (χ1) is 32.8. The predicted octanol–water partition coefficient (Wildman–Crippen LogP) is 7.37. The van der Waals surface area contributed by atoms with Crippen LogP contribution in [-0.2, 0) is 19.5 Å². The average Bonchev–Trinajstić information content (AvgIpc) is 3.99. The fourth-order valence-corrected chi connectivity index (χ4v) is 15.4. The van der Waals surface area contributed by atoms with Crippen molar-refractivity contribution in [1.29, 1.82) is 0 Å². The van der Waals surface area contributed by atoms with Gasteiger partial charge in [-0.15, -0.1) is 12.1 Å². The molecule has 6 nitrogen and oxygen atoms in total. The zero-order valence-corrected chi connectivity index (χ0v) is 46.3. The number of fused-ring (bicyclic) bond motifs is 2. The summed E-state index contributed by atoms with van der Waals surface area (Å²) in [6.45, 7) is 17.9. The van der Waals surface area contributed by atoms with E-state index < -0.39 is 27.9 Å². The van der Waals surface area contributed by atoms with Crippen LogP contribution in [0.25, 0.3) is 22.6 Å². The Morgan fingerprint density at radius 3 is 0.901 bits per heavy atom. The van der Waals surface area contributed by atoms with Crippen LogP contribution in [0.15, 0.2) is 158 Å². The maximum absolute atomic E-state index is 8.07. The van der Waals surface area contributed by atoms with Crippen LogP contribution in [0.1, 0.15) is 67.7 Å². The molecule has 0 aliphatic carbocycles. The van der Waals surface area contributed by atoms with Gasteiger partial charge in [0, 0.05) is 11.1 Å². The summed E-state index contributed by atoms with van der Waals surface area (Å²) in [5.74, 6) is 3.03. The van der Waals surface area contributed by atoms with Gasteiger partial charge in [0.05, 0.1) is 0 Å². The van der Waals surface area contributed by atoms with E-state index in [1.807, 2.05) is 60.7 Å². The maximum Gasteiger partial charge on any atom is 4.00 e. The number of hydrogen-bond donors (Lipinski definition) is 0. The molecule has 0 radical (unpaired) electrons. The molecule has 2 N–H and O–H groups in total. The summed E-state index contributed by atoms with van der Waals surface area (Å²) < 4.78 is 25.4. The first-order valence-corrected chi connectivity index (χ1v) is 25.8. The van der Waals surface area contributed by atoms with E-state index in [9.17, 15) is 0 Å². The second-order valence-corrected chi connectivity index (χ2v) is 22.6. The zero-order valence-electron chi connectivity index (χ0n) is 41.2. The Kier molecular flexibility index (Phi) is 18.8. The van der Waals surface area contributed by atoms with Crippen molar-refractivity contribution in [3.63, 3.8) is 0 Å². The number of aryl methyl sites for hydroxylation is 8. The van der Waals surface area contributed by atoms with Crippen molar-refractivity contribution in [1.82, 2.24) is 0 Å². The van der Waals surface area contributed by atoms with Crippen LogP contribution in [0, 0.1) is 55.4 Å². The van der Waals surface area contributed by atoms with E-state index in [0.29, 0.717) is 0 Å². The van der Waals surface area contributed by atoms with Gasteiger partial charge in [0.15, 0.2) is 23.0 Å². The Balaban J connectivity index is 0.000000371. The van der Waals surface area contributed by atoms with E-state index in [1.165, 1.54) is 76.3 Å². The van der Waals surface area contributed by atoms with Crippen LogP contribution in [0.5, 0.6) is 23.0 Å². The van der Waals surface area contributed by atoms with E-state index >= 15 is 0 Å². The smallest absolute Gasteiger partial charge is 1.00 e. The van der Waals surface area contributed by atoms with Gasteiger partial charge in [0.25, 0.3) is 0 Å². The SMILES string of the molecule is Cc1cc(C)cc(P(c2cc(C)cc(C)c2)c2ccc3c(c2-c2c(P(c4cc(C)cc(C)c4)c4cc(C)cc(C)c4)ccc4c2OCO4)OCO3)c1.[Cl-].[Cl-].[NH-][C@H](c1ccccc1)[C@H]([NH-])c1ccccc1.[Ru+4]. The van der Waals surface area contributed by atoms with Gasteiger partial charge in [0.2, 0.25) is 13.6 Å². The molecule has 364 valence electrons. The molecule has 2 aliphatic rings. The minimum Gasteiger partial charge on any atom is -1.00 e. The third-order valence-electron chi connectivity index (χ3n) is 12.3. The molecule has 11 heteroatoms. The molecule has 0 unspecified atom stereocenters. The molecular weight excluding hydrogens is 1050 g/mol. The summed E-state index contributed by atoms with van der Waals surface area (Å²) in [5.41, 5.74) is 30.0. The molecule has 0 saturated carbocycles. The van der Waals surface area contributed by atoms with Gasteiger partial charge in [0.1, 0.15) is 0 Å². The standard InChI is InChI=1S/C46H44O4P2.C14H14N2.2ClH.Ru/c1-27-13-28(2)18-35(17-27)51(36-19-29(3)14-30(4)20-36)41-11-9-39-45(49-25-47-39)43(41)44-42(12-10-40-46(44)50-26-48-40)52(37-21-31(5)15-32(6)22-37)38-23-33(7)16-34(8)24-38;15-13(11-7-3-1-4-8-11)14(16)12-9-5-2-6-10-12;;;/h9-24H,25-26H2,1-8H3;1-10,13-16H;2*1H;/q;-2;;;+4/p-2/t;13-,14-;;;/m.1.../s1. The number of nitrogens with one attached hydrogen (secondary N) is 2. The fraction of sp³-hybridized carbons (Fsp3) is 0.200. The van der Waals surface area contributed by atoms with Crippen molar-refractivity contribution in [3.05, 3.63) is 225 Å². The zero-order chi connectivity index (χ0) is 47.6. The van der Waals surface area contributed by atoms with Gasteiger partial charge in [-0.3, -0.25) is 0 Å². The van der Waals surface area contributed by atoms with Gasteiger partial charge in [-0.25, -0.2) is 0 Å². The molecule has 0 saturated heterocycles. The second-order valence-electron chi connectivity index (χ2n) is 18.2. The monoisotopic (exact) mass is 1100 g/mol. The molecule has 0 bridgehead atoms. The summed E-state index contributed by atoms with van der Waals surface area (Å²) in [4.78, 5) is 0. The van der Waals surface area contributed by atoms with Crippen LogP contribution >= 0.6 is 15.8 Å². The van der Waals surface area contributed by atoms with Gasteiger partial charge >= 0.3 is 19.5 Å². The number of hydrogen-bond acceptors (Lipinski definition) is 4. The third-order valence-corrected chi connectivity index (χ3v) is 17.1. The minimum atomic E-state index is -1.05. The molecule has 0 amide bonds. The van der Waals surface area contributed by atoms with E-state index in [1.54, 1.807) is 0 Å². The van der Waals surface area contributed by atoms with Crippen molar-refractivity contribution in [2.75, 3.05) is 13.6 Å². The first-order valence-electron chi connectivity index (χ1n) is 23.1. The van der Waals surface area contributed by atoms with Crippen molar-refractivity contribution in [3.8, 4) is 34.1 Å². The van der Waals surface area contributed by atoms with Crippen LogP contribution in [0.3, 0.4) is 0 Å². The van der Waals surface area contributed by atoms with Crippen molar-refractivity contribution in [2.24, 2.45) is 0 Å². The molecule has 0 aromatic heterocycles. The number of benzene rings is 8. The molecule has 2 aliphatic heterocycles. The molecule has 71 heavy (non-hydrogen) atoms. The van der Waals surface area contributed by atoms with Crippen LogP contribution < -0.4 is 75.6 Å². The van der Waals surface area contributed by atoms with E-state index in [-0.39, 0.29) is 57.9 Å². The molecular formula is C60H58Cl2N2O4P2Ru. The second kappa shape index (κ2) is 24.1. The Bertz CT molecular complexity index is 2750. The Labute approximate surface area is 448 Å². The van der Waals surface area contributed by atoms with Gasteiger partial charge in [-0.2, -0.15) is 0 Å². The van der Waals surface area contributed by atoms with Gasteiger partial charge in [-0.05, 0) is 127 Å². The third kappa shape index (κ3) is 12.2. The topological polar surface area (TPSA) is 84.5 Å². The summed E-state index contributed by atoms with van der Waals surface area (Å²) in [5, 5.41) is 7.61. The molecule has 0 fully saturated rings. The largest absolute Gasteiger partial charge is 4.00 e. The molecule has 2 atom stereocenters. The van der Waals surface area contributed by atoms with Crippen molar-refractivity contribution < 1.29 is 63.2 Å². The average molecular weight is 1110 g/mol. The maximum atomic E-state index is 8.07. The normalized spacial score (nSPS) is 12.8. The van der Waals surface area contributed by atoms with E-state index in [0.717, 1.165) is 45.3 Å². The Morgan fingerprint density at radius 2 is 0.634 bits per heavy atom. The number of ether oxygens (including phenoxy) is 4. The van der Waals surface area contributed by atoms with Crippen LogP contribution in [0.2, 0.25) is 0 Å². The van der Waals surface area contributed by atoms with Crippen molar-refractivity contribution in [2.45, 2.75) is 67.5 Å². The predicted molar refractivity (Wildman–Crippen MR) is 286 cm³/mol. The van der Waals surface area contributed by atoms with Crippen LogP contribution in [-0.4, -0.2) is 13.6 Å². The fourth-order valence-electron chi connectivity index (χ4n) is 9.66. The quantitative estimate of drug-likeness (QED) is 0.106. The molecule has 10 rings (SSSR count). The number of rotatable bonds is 10. The summed E-state index contributed by atoms with van der Waals surface area (Å²) in [6.07, 6.45) is 0. The number of halogens is 2. The van der Waals surface area contributed by atoms with E-state index in [4.69, 9.17) is 30.4 Å². The summed E-state index contributed by atoms with van der Waals surface area (Å²) >= 11 is 0. The Morgan fingerprint density at radius 1 is 0.366 bits per heavy atom.